The molecule has 0 N–H and O–H groups in total. The van der Waals surface area contributed by atoms with Crippen LogP contribution in [0.2, 0.25) is 0 Å². The summed E-state index contributed by atoms with van der Waals surface area (Å²) in [5.41, 5.74) is 1.61. The molecule has 27 heavy (non-hydrogen) atoms. The number of likely N-dealkylation sites (tertiary alicyclic amines) is 1. The predicted molar refractivity (Wildman–Crippen MR) is 106 cm³/mol. The van der Waals surface area contributed by atoms with Gasteiger partial charge in [0, 0.05) is 24.0 Å². The number of hydrogen-bond acceptors (Lipinski definition) is 5. The lowest BCUT2D eigenvalue weighted by Gasteiger charge is -2.26. The summed E-state index contributed by atoms with van der Waals surface area (Å²) < 4.78 is 6.63. The second kappa shape index (κ2) is 7.52. The van der Waals surface area contributed by atoms with Crippen LogP contribution in [-0.2, 0) is 11.3 Å². The molecule has 3 aromatic rings. The molecule has 0 saturated carbocycles. The fraction of sp³-hybridized carbons (Fsp3) is 0.350. The van der Waals surface area contributed by atoms with Crippen molar-refractivity contribution in [3.05, 3.63) is 46.3 Å². The first kappa shape index (κ1) is 17.7. The zero-order chi connectivity index (χ0) is 18.8. The zero-order valence-corrected chi connectivity index (χ0v) is 16.0. The molecule has 1 saturated heterocycles. The van der Waals surface area contributed by atoms with Crippen LogP contribution >= 0.6 is 11.3 Å². The maximum atomic E-state index is 13.1. The Morgan fingerprint density at radius 3 is 2.63 bits per heavy atom. The van der Waals surface area contributed by atoms with Gasteiger partial charge >= 0.3 is 0 Å². The Balaban J connectivity index is 1.68. The molecule has 1 aliphatic rings. The van der Waals surface area contributed by atoms with Crippen molar-refractivity contribution in [1.82, 2.24) is 14.5 Å². The molecule has 0 radical (unpaired) electrons. The van der Waals surface area contributed by atoms with Gasteiger partial charge in [0.25, 0.3) is 5.56 Å². The Labute approximate surface area is 161 Å². The van der Waals surface area contributed by atoms with Gasteiger partial charge in [-0.05, 0) is 37.0 Å². The Bertz CT molecular complexity index is 1020. The maximum absolute atomic E-state index is 13.1. The lowest BCUT2D eigenvalue weighted by molar-refractivity contribution is -0.132. The minimum atomic E-state index is -0.169. The second-order valence-electron chi connectivity index (χ2n) is 6.68. The number of methoxy groups -OCH3 is 1. The number of nitrogens with zero attached hydrogens (tertiary/aromatic N) is 3. The van der Waals surface area contributed by atoms with Crippen LogP contribution in [0.4, 0.5) is 0 Å². The van der Waals surface area contributed by atoms with Crippen LogP contribution in [0, 0.1) is 0 Å². The van der Waals surface area contributed by atoms with Crippen molar-refractivity contribution >= 4 is 27.5 Å². The molecule has 7 heteroatoms. The average molecular weight is 383 g/mol. The van der Waals surface area contributed by atoms with Gasteiger partial charge in [-0.15, -0.1) is 11.3 Å². The third kappa shape index (κ3) is 3.47. The van der Waals surface area contributed by atoms with Crippen molar-refractivity contribution in [2.45, 2.75) is 25.8 Å². The number of hydrogen-bond donors (Lipinski definition) is 0. The number of ether oxygens (including phenoxy) is 1. The highest BCUT2D eigenvalue weighted by molar-refractivity contribution is 7.17. The lowest BCUT2D eigenvalue weighted by atomic mass is 10.1. The van der Waals surface area contributed by atoms with E-state index in [9.17, 15) is 9.59 Å². The van der Waals surface area contributed by atoms with E-state index in [-0.39, 0.29) is 18.0 Å². The number of fused-ring (bicyclic) bond motifs is 1. The van der Waals surface area contributed by atoms with Crippen LogP contribution in [0.15, 0.2) is 40.8 Å². The SMILES string of the molecule is COc1ccc(-c2csc3ncn(CC(=O)N4CCCCC4)c(=O)c23)cc1. The van der Waals surface area contributed by atoms with E-state index in [2.05, 4.69) is 4.98 Å². The van der Waals surface area contributed by atoms with Crippen molar-refractivity contribution < 1.29 is 9.53 Å². The standard InChI is InChI=1S/C20H21N3O3S/c1-26-15-7-5-14(6-8-15)16-12-27-19-18(16)20(25)23(13-21-19)11-17(24)22-9-3-2-4-10-22/h5-8,12-13H,2-4,9-11H2,1H3. The van der Waals surface area contributed by atoms with Crippen LogP contribution in [0.1, 0.15) is 19.3 Å². The van der Waals surface area contributed by atoms with Gasteiger partial charge in [0.1, 0.15) is 17.1 Å². The molecule has 140 valence electrons. The summed E-state index contributed by atoms with van der Waals surface area (Å²) in [4.78, 5) is 32.5. The Kier molecular flexibility index (Phi) is 4.94. The molecule has 0 spiro atoms. The van der Waals surface area contributed by atoms with Crippen LogP contribution < -0.4 is 10.3 Å². The van der Waals surface area contributed by atoms with Gasteiger partial charge in [0.15, 0.2) is 0 Å². The molecular weight excluding hydrogens is 362 g/mol. The topological polar surface area (TPSA) is 64.4 Å². The average Bonchev–Trinajstić information content (AvgIpc) is 3.15. The van der Waals surface area contributed by atoms with E-state index in [0.717, 1.165) is 49.2 Å². The second-order valence-corrected chi connectivity index (χ2v) is 7.54. The number of benzene rings is 1. The molecule has 3 heterocycles. The first-order chi connectivity index (χ1) is 13.2. The fourth-order valence-corrected chi connectivity index (χ4v) is 4.36. The molecule has 1 aliphatic heterocycles. The molecule has 0 atom stereocenters. The van der Waals surface area contributed by atoms with Crippen molar-refractivity contribution in [2.75, 3.05) is 20.2 Å². The molecule has 4 rings (SSSR count). The molecule has 1 amide bonds. The highest BCUT2D eigenvalue weighted by atomic mass is 32.1. The highest BCUT2D eigenvalue weighted by Crippen LogP contribution is 2.31. The quantitative estimate of drug-likeness (QED) is 0.694. The third-order valence-corrected chi connectivity index (χ3v) is 5.86. The van der Waals surface area contributed by atoms with Gasteiger partial charge in [0.2, 0.25) is 5.91 Å². The van der Waals surface area contributed by atoms with E-state index in [1.165, 1.54) is 22.2 Å². The zero-order valence-electron chi connectivity index (χ0n) is 15.2. The number of thiophene rings is 1. The molecule has 6 nitrogen and oxygen atoms in total. The maximum Gasteiger partial charge on any atom is 0.263 e. The van der Waals surface area contributed by atoms with Gasteiger partial charge in [-0.25, -0.2) is 4.98 Å². The number of aromatic nitrogens is 2. The van der Waals surface area contributed by atoms with E-state index in [1.807, 2.05) is 34.5 Å². The molecular formula is C20H21N3O3S. The summed E-state index contributed by atoms with van der Waals surface area (Å²) in [5.74, 6) is 0.750. The Morgan fingerprint density at radius 1 is 1.19 bits per heavy atom. The summed E-state index contributed by atoms with van der Waals surface area (Å²) in [6.07, 6.45) is 4.71. The summed E-state index contributed by atoms with van der Waals surface area (Å²) in [7, 11) is 1.62. The third-order valence-electron chi connectivity index (χ3n) is 4.98. The fourth-order valence-electron chi connectivity index (χ4n) is 3.45. The summed E-state index contributed by atoms with van der Waals surface area (Å²) in [6.45, 7) is 1.59. The Morgan fingerprint density at radius 2 is 1.93 bits per heavy atom. The van der Waals surface area contributed by atoms with Crippen LogP contribution in [0.5, 0.6) is 5.75 Å². The van der Waals surface area contributed by atoms with Gasteiger partial charge < -0.3 is 9.64 Å². The normalized spacial score (nSPS) is 14.5. The van der Waals surface area contributed by atoms with Crippen molar-refractivity contribution in [3.8, 4) is 16.9 Å². The van der Waals surface area contributed by atoms with E-state index < -0.39 is 0 Å². The van der Waals surface area contributed by atoms with E-state index >= 15 is 0 Å². The van der Waals surface area contributed by atoms with Gasteiger partial charge in [-0.3, -0.25) is 14.2 Å². The molecule has 1 aromatic carbocycles. The highest BCUT2D eigenvalue weighted by Gasteiger charge is 2.19. The van der Waals surface area contributed by atoms with Crippen LogP contribution in [0.3, 0.4) is 0 Å². The number of amides is 1. The lowest BCUT2D eigenvalue weighted by Crippen LogP contribution is -2.39. The van der Waals surface area contributed by atoms with E-state index in [0.29, 0.717) is 10.2 Å². The monoisotopic (exact) mass is 383 g/mol. The molecule has 0 bridgehead atoms. The number of piperidine rings is 1. The van der Waals surface area contributed by atoms with Crippen LogP contribution in [-0.4, -0.2) is 40.6 Å². The van der Waals surface area contributed by atoms with Crippen LogP contribution in [0.25, 0.3) is 21.3 Å². The summed E-state index contributed by atoms with van der Waals surface area (Å²) in [5, 5.41) is 2.51. The summed E-state index contributed by atoms with van der Waals surface area (Å²) >= 11 is 1.44. The minimum absolute atomic E-state index is 0.0147. The van der Waals surface area contributed by atoms with Gasteiger partial charge in [-0.2, -0.15) is 0 Å². The van der Waals surface area contributed by atoms with E-state index in [1.54, 1.807) is 7.11 Å². The summed E-state index contributed by atoms with van der Waals surface area (Å²) in [6, 6.07) is 7.59. The first-order valence-corrected chi connectivity index (χ1v) is 9.94. The molecule has 2 aromatic heterocycles. The van der Waals surface area contributed by atoms with E-state index in [4.69, 9.17) is 4.74 Å². The molecule has 0 unspecified atom stereocenters. The van der Waals surface area contributed by atoms with Gasteiger partial charge in [0.05, 0.1) is 18.8 Å². The largest absolute Gasteiger partial charge is 0.497 e. The Hall–Kier alpha value is -2.67. The molecule has 1 fully saturated rings. The number of rotatable bonds is 4. The minimum Gasteiger partial charge on any atom is -0.497 e. The smallest absolute Gasteiger partial charge is 0.263 e. The number of carbonyl (C=O) groups excluding carboxylic acids is 1. The van der Waals surface area contributed by atoms with Crippen molar-refractivity contribution in [1.29, 1.82) is 0 Å². The van der Waals surface area contributed by atoms with Gasteiger partial charge in [-0.1, -0.05) is 12.1 Å². The first-order valence-electron chi connectivity index (χ1n) is 9.06. The van der Waals surface area contributed by atoms with Crippen molar-refractivity contribution in [2.24, 2.45) is 0 Å². The number of carbonyl (C=O) groups is 1. The molecule has 0 aliphatic carbocycles. The van der Waals surface area contributed by atoms with Crippen molar-refractivity contribution in [3.63, 3.8) is 0 Å². The predicted octanol–water partition coefficient (Wildman–Crippen LogP) is 3.15.